The number of aromatic nitrogens is 3. The highest BCUT2D eigenvalue weighted by Crippen LogP contribution is 2.34. The number of nitrogens with zero attached hydrogens (tertiary/aromatic N) is 3. The highest BCUT2D eigenvalue weighted by Gasteiger charge is 2.23. The van der Waals surface area contributed by atoms with E-state index in [-0.39, 0.29) is 0 Å². The van der Waals surface area contributed by atoms with Crippen molar-refractivity contribution in [2.45, 2.75) is 47.1 Å². The fourth-order valence-corrected chi connectivity index (χ4v) is 3.54. The average molecular weight is 403 g/mol. The van der Waals surface area contributed by atoms with Gasteiger partial charge in [-0.3, -0.25) is 9.55 Å². The molecular formula is C24H25N3O3. The molecule has 6 heteroatoms. The van der Waals surface area contributed by atoms with Crippen LogP contribution < -0.4 is 0 Å². The molecule has 4 aromatic rings. The van der Waals surface area contributed by atoms with Crippen LogP contribution in [0.1, 0.15) is 37.8 Å². The van der Waals surface area contributed by atoms with Gasteiger partial charge in [-0.2, -0.15) is 0 Å². The van der Waals surface area contributed by atoms with Crippen molar-refractivity contribution in [2.75, 3.05) is 0 Å². The summed E-state index contributed by atoms with van der Waals surface area (Å²) in [4.78, 5) is 17.7. The molecule has 0 amide bonds. The van der Waals surface area contributed by atoms with Crippen LogP contribution in [0.5, 0.6) is 0 Å². The second kappa shape index (κ2) is 7.13. The SMILES string of the molecule is Cc1ccc(-c2cn(C(=O)OC(C)(C)C)c3cc(-c4c(C)noc4C)cnc23)cc1. The Morgan fingerprint density at radius 1 is 1.07 bits per heavy atom. The quantitative estimate of drug-likeness (QED) is 0.406. The standard InChI is InChI=1S/C24H25N3O3/c1-14-7-9-17(10-8-14)19-13-27(23(28)29-24(4,5)6)20-11-18(12-25-22(19)20)21-15(2)26-30-16(21)3/h7-13H,1-6H3. The molecule has 0 saturated heterocycles. The van der Waals surface area contributed by atoms with E-state index in [2.05, 4.69) is 5.16 Å². The lowest BCUT2D eigenvalue weighted by Crippen LogP contribution is -2.26. The van der Waals surface area contributed by atoms with Crippen LogP contribution in [0.15, 0.2) is 47.2 Å². The minimum Gasteiger partial charge on any atom is -0.443 e. The van der Waals surface area contributed by atoms with Crippen molar-refractivity contribution in [1.82, 2.24) is 14.7 Å². The van der Waals surface area contributed by atoms with Crippen LogP contribution in [-0.4, -0.2) is 26.4 Å². The predicted molar refractivity (Wildman–Crippen MR) is 117 cm³/mol. The highest BCUT2D eigenvalue weighted by molar-refractivity contribution is 5.99. The lowest BCUT2D eigenvalue weighted by molar-refractivity contribution is 0.0544. The van der Waals surface area contributed by atoms with Gasteiger partial charge in [-0.05, 0) is 53.2 Å². The number of ether oxygens (including phenoxy) is 1. The minimum atomic E-state index is -0.607. The predicted octanol–water partition coefficient (Wildman–Crippen LogP) is 6.07. The van der Waals surface area contributed by atoms with Gasteiger partial charge in [-0.15, -0.1) is 0 Å². The summed E-state index contributed by atoms with van der Waals surface area (Å²) < 4.78 is 12.5. The van der Waals surface area contributed by atoms with E-state index in [1.165, 1.54) is 10.1 Å². The fourth-order valence-electron chi connectivity index (χ4n) is 3.54. The number of carbonyl (C=O) groups is 1. The Balaban J connectivity index is 1.94. The summed E-state index contributed by atoms with van der Waals surface area (Å²) in [7, 11) is 0. The Hall–Kier alpha value is -3.41. The summed E-state index contributed by atoms with van der Waals surface area (Å²) in [5, 5.41) is 4.04. The molecule has 0 radical (unpaired) electrons. The molecule has 0 fully saturated rings. The highest BCUT2D eigenvalue weighted by atomic mass is 16.6. The number of aryl methyl sites for hydroxylation is 3. The number of fused-ring (bicyclic) bond motifs is 1. The van der Waals surface area contributed by atoms with E-state index in [9.17, 15) is 4.79 Å². The summed E-state index contributed by atoms with van der Waals surface area (Å²) in [6, 6.07) is 10.1. The van der Waals surface area contributed by atoms with Gasteiger partial charge in [0.15, 0.2) is 0 Å². The van der Waals surface area contributed by atoms with Gasteiger partial charge in [0.25, 0.3) is 0 Å². The van der Waals surface area contributed by atoms with Crippen molar-refractivity contribution in [3.8, 4) is 22.3 Å². The molecule has 0 aliphatic carbocycles. The smallest absolute Gasteiger partial charge is 0.419 e. The monoisotopic (exact) mass is 403 g/mol. The number of benzene rings is 1. The first kappa shape index (κ1) is 19.9. The van der Waals surface area contributed by atoms with Crippen LogP contribution in [0.25, 0.3) is 33.3 Å². The molecule has 6 nitrogen and oxygen atoms in total. The normalized spacial score (nSPS) is 11.8. The van der Waals surface area contributed by atoms with Crippen molar-refractivity contribution >= 4 is 17.1 Å². The zero-order chi connectivity index (χ0) is 21.6. The van der Waals surface area contributed by atoms with Crippen LogP contribution in [0.3, 0.4) is 0 Å². The molecular weight excluding hydrogens is 378 g/mol. The molecule has 0 bridgehead atoms. The molecule has 0 saturated carbocycles. The van der Waals surface area contributed by atoms with Crippen LogP contribution in [-0.2, 0) is 4.74 Å². The van der Waals surface area contributed by atoms with Crippen LogP contribution in [0, 0.1) is 20.8 Å². The Morgan fingerprint density at radius 2 is 1.77 bits per heavy atom. The van der Waals surface area contributed by atoms with E-state index in [0.717, 1.165) is 33.5 Å². The third-order valence-electron chi connectivity index (χ3n) is 4.92. The molecule has 3 heterocycles. The number of hydrogen-bond donors (Lipinski definition) is 0. The van der Waals surface area contributed by atoms with E-state index in [0.29, 0.717) is 11.3 Å². The number of rotatable bonds is 2. The summed E-state index contributed by atoms with van der Waals surface area (Å²) in [5.74, 6) is 0.711. The van der Waals surface area contributed by atoms with Gasteiger partial charge >= 0.3 is 6.09 Å². The molecule has 0 aliphatic heterocycles. The van der Waals surface area contributed by atoms with E-state index in [1.54, 1.807) is 12.4 Å². The Labute approximate surface area is 175 Å². The largest absolute Gasteiger partial charge is 0.443 e. The van der Waals surface area contributed by atoms with Crippen molar-refractivity contribution in [3.63, 3.8) is 0 Å². The number of pyridine rings is 1. The molecule has 0 spiro atoms. The van der Waals surface area contributed by atoms with Crippen molar-refractivity contribution < 1.29 is 14.1 Å². The first-order chi connectivity index (χ1) is 14.1. The van der Waals surface area contributed by atoms with E-state index in [1.807, 2.05) is 71.9 Å². The maximum absolute atomic E-state index is 13.0. The van der Waals surface area contributed by atoms with E-state index < -0.39 is 11.7 Å². The Morgan fingerprint density at radius 3 is 2.37 bits per heavy atom. The van der Waals surface area contributed by atoms with E-state index in [4.69, 9.17) is 14.2 Å². The molecule has 0 unspecified atom stereocenters. The van der Waals surface area contributed by atoms with Gasteiger partial charge in [-0.1, -0.05) is 35.0 Å². The molecule has 3 aromatic heterocycles. The molecule has 0 aliphatic rings. The molecule has 154 valence electrons. The minimum absolute atomic E-state index is 0.441. The van der Waals surface area contributed by atoms with Crippen LogP contribution in [0.4, 0.5) is 4.79 Å². The fraction of sp³-hybridized carbons (Fsp3) is 0.292. The van der Waals surface area contributed by atoms with E-state index >= 15 is 0 Å². The van der Waals surface area contributed by atoms with Gasteiger partial charge in [0, 0.05) is 29.1 Å². The summed E-state index contributed by atoms with van der Waals surface area (Å²) in [5.41, 5.74) is 6.36. The van der Waals surface area contributed by atoms with Gasteiger partial charge in [0.2, 0.25) is 0 Å². The topological polar surface area (TPSA) is 70.2 Å². The zero-order valence-corrected chi connectivity index (χ0v) is 18.1. The lowest BCUT2D eigenvalue weighted by atomic mass is 10.0. The van der Waals surface area contributed by atoms with Crippen molar-refractivity contribution in [3.05, 3.63) is 59.7 Å². The summed E-state index contributed by atoms with van der Waals surface area (Å²) in [6.07, 6.45) is 3.16. The lowest BCUT2D eigenvalue weighted by Gasteiger charge is -2.19. The maximum Gasteiger partial charge on any atom is 0.419 e. The third kappa shape index (κ3) is 3.61. The zero-order valence-electron chi connectivity index (χ0n) is 18.1. The van der Waals surface area contributed by atoms with Crippen molar-refractivity contribution in [2.24, 2.45) is 0 Å². The first-order valence-corrected chi connectivity index (χ1v) is 9.89. The number of hydrogen-bond acceptors (Lipinski definition) is 5. The molecule has 1 aromatic carbocycles. The van der Waals surface area contributed by atoms with Gasteiger partial charge in [0.05, 0.1) is 16.7 Å². The third-order valence-corrected chi connectivity index (χ3v) is 4.92. The summed E-state index contributed by atoms with van der Waals surface area (Å²) in [6.45, 7) is 11.4. The van der Waals surface area contributed by atoms with Gasteiger partial charge in [-0.25, -0.2) is 4.79 Å². The van der Waals surface area contributed by atoms with Crippen LogP contribution in [0.2, 0.25) is 0 Å². The second-order valence-corrected chi connectivity index (χ2v) is 8.55. The first-order valence-electron chi connectivity index (χ1n) is 9.89. The maximum atomic E-state index is 13.0. The van der Waals surface area contributed by atoms with Crippen LogP contribution >= 0.6 is 0 Å². The second-order valence-electron chi connectivity index (χ2n) is 8.55. The Kier molecular flexibility index (Phi) is 4.73. The molecule has 0 atom stereocenters. The van der Waals surface area contributed by atoms with Gasteiger partial charge in [0.1, 0.15) is 11.4 Å². The molecule has 4 rings (SSSR count). The Bertz CT molecular complexity index is 1220. The summed E-state index contributed by atoms with van der Waals surface area (Å²) >= 11 is 0. The molecule has 30 heavy (non-hydrogen) atoms. The van der Waals surface area contributed by atoms with Gasteiger partial charge < -0.3 is 9.26 Å². The number of carbonyl (C=O) groups excluding carboxylic acids is 1. The average Bonchev–Trinajstić information content (AvgIpc) is 3.21. The van der Waals surface area contributed by atoms with Crippen molar-refractivity contribution in [1.29, 1.82) is 0 Å². The molecule has 0 N–H and O–H groups in total.